The van der Waals surface area contributed by atoms with E-state index in [1.807, 2.05) is 12.1 Å². The molecular formula is C12H16ClNO2S. The van der Waals surface area contributed by atoms with Crippen molar-refractivity contribution in [3.05, 3.63) is 34.9 Å². The molecule has 0 saturated heterocycles. The fourth-order valence-corrected chi connectivity index (χ4v) is 4.47. The normalized spacial score (nSPS) is 28.1. The van der Waals surface area contributed by atoms with Crippen molar-refractivity contribution >= 4 is 21.4 Å². The predicted octanol–water partition coefficient (Wildman–Crippen LogP) is 1.82. The van der Waals surface area contributed by atoms with E-state index in [0.717, 1.165) is 5.56 Å². The Morgan fingerprint density at radius 1 is 1.29 bits per heavy atom. The van der Waals surface area contributed by atoms with E-state index in [1.165, 1.54) is 0 Å². The third-order valence-corrected chi connectivity index (χ3v) is 5.97. The number of nitrogens with two attached hydrogens (primary N) is 1. The molecule has 2 N–H and O–H groups in total. The zero-order valence-corrected chi connectivity index (χ0v) is 11.2. The zero-order valence-electron chi connectivity index (χ0n) is 9.64. The number of rotatable bonds is 4. The first-order valence-corrected chi connectivity index (χ1v) is 7.77. The van der Waals surface area contributed by atoms with E-state index in [9.17, 15) is 8.42 Å². The Kier molecular flexibility index (Phi) is 3.48. The molecule has 1 aromatic rings. The highest BCUT2D eigenvalue weighted by Gasteiger charge is 2.56. The highest BCUT2D eigenvalue weighted by molar-refractivity contribution is 7.92. The maximum atomic E-state index is 11.9. The minimum absolute atomic E-state index is 0.0437. The van der Waals surface area contributed by atoms with Gasteiger partial charge in [-0.25, -0.2) is 8.42 Å². The lowest BCUT2D eigenvalue weighted by molar-refractivity contribution is 0.593. The van der Waals surface area contributed by atoms with Gasteiger partial charge in [0.25, 0.3) is 0 Å². The molecule has 2 rings (SSSR count). The average molecular weight is 274 g/mol. The van der Waals surface area contributed by atoms with Crippen LogP contribution in [-0.2, 0) is 9.84 Å². The Morgan fingerprint density at radius 2 is 1.88 bits per heavy atom. The standard InChI is InChI=1S/C12H16ClNO2S/c1-2-17(15,16)12-10(7-14)11(12)8-3-5-9(13)6-4-8/h3-6,10-12H,2,7,14H2,1H3/t10-,11-,12+/m0/s1. The van der Waals surface area contributed by atoms with Crippen LogP contribution in [0.15, 0.2) is 24.3 Å². The second-order valence-corrected chi connectivity index (χ2v) is 7.28. The molecule has 0 radical (unpaired) electrons. The van der Waals surface area contributed by atoms with Crippen LogP contribution in [0.1, 0.15) is 18.4 Å². The van der Waals surface area contributed by atoms with Crippen molar-refractivity contribution < 1.29 is 8.42 Å². The summed E-state index contributed by atoms with van der Waals surface area (Å²) in [5.74, 6) is 0.279. The summed E-state index contributed by atoms with van der Waals surface area (Å²) in [6, 6.07) is 7.36. The van der Waals surface area contributed by atoms with E-state index < -0.39 is 9.84 Å². The topological polar surface area (TPSA) is 60.2 Å². The molecule has 0 unspecified atom stereocenters. The van der Waals surface area contributed by atoms with Gasteiger partial charge in [-0.1, -0.05) is 30.7 Å². The Hall–Kier alpha value is -0.580. The number of benzene rings is 1. The third-order valence-electron chi connectivity index (χ3n) is 3.44. The molecule has 1 saturated carbocycles. The molecule has 3 atom stereocenters. The van der Waals surface area contributed by atoms with Crippen LogP contribution in [0.25, 0.3) is 0 Å². The first kappa shape index (κ1) is 12.9. The summed E-state index contributed by atoms with van der Waals surface area (Å²) in [6.45, 7) is 2.09. The van der Waals surface area contributed by atoms with Crippen LogP contribution in [-0.4, -0.2) is 26.0 Å². The fraction of sp³-hybridized carbons (Fsp3) is 0.500. The van der Waals surface area contributed by atoms with Crippen LogP contribution >= 0.6 is 11.6 Å². The van der Waals surface area contributed by atoms with Gasteiger partial charge in [-0.05, 0) is 30.2 Å². The molecule has 1 aromatic carbocycles. The summed E-state index contributed by atoms with van der Waals surface area (Å²) < 4.78 is 23.8. The van der Waals surface area contributed by atoms with Crippen molar-refractivity contribution in [2.75, 3.05) is 12.3 Å². The monoisotopic (exact) mass is 273 g/mol. The van der Waals surface area contributed by atoms with E-state index in [4.69, 9.17) is 17.3 Å². The van der Waals surface area contributed by atoms with Gasteiger partial charge in [0, 0.05) is 16.7 Å². The second-order valence-electron chi connectivity index (χ2n) is 4.39. The smallest absolute Gasteiger partial charge is 0.153 e. The van der Waals surface area contributed by atoms with Gasteiger partial charge in [-0.2, -0.15) is 0 Å². The summed E-state index contributed by atoms with van der Waals surface area (Å²) in [5, 5.41) is 0.354. The maximum Gasteiger partial charge on any atom is 0.153 e. The Morgan fingerprint density at radius 3 is 2.35 bits per heavy atom. The van der Waals surface area contributed by atoms with Crippen LogP contribution in [0.4, 0.5) is 0 Å². The molecule has 0 aromatic heterocycles. The molecule has 3 nitrogen and oxygen atoms in total. The molecule has 1 aliphatic carbocycles. The lowest BCUT2D eigenvalue weighted by Gasteiger charge is -2.00. The quantitative estimate of drug-likeness (QED) is 0.910. The molecule has 5 heteroatoms. The van der Waals surface area contributed by atoms with Crippen LogP contribution in [0, 0.1) is 5.92 Å². The molecule has 0 amide bonds. The van der Waals surface area contributed by atoms with E-state index >= 15 is 0 Å². The molecule has 0 bridgehead atoms. The molecule has 0 heterocycles. The molecule has 1 fully saturated rings. The van der Waals surface area contributed by atoms with E-state index in [2.05, 4.69) is 0 Å². The van der Waals surface area contributed by atoms with E-state index in [-0.39, 0.29) is 22.8 Å². The number of hydrogen-bond donors (Lipinski definition) is 1. The van der Waals surface area contributed by atoms with Crippen molar-refractivity contribution in [1.82, 2.24) is 0 Å². The summed E-state index contributed by atoms with van der Waals surface area (Å²) in [6.07, 6.45) is 0. The highest BCUT2D eigenvalue weighted by Crippen LogP contribution is 2.51. The van der Waals surface area contributed by atoms with Gasteiger partial charge in [0.1, 0.15) is 0 Å². The predicted molar refractivity (Wildman–Crippen MR) is 70.0 cm³/mol. The van der Waals surface area contributed by atoms with Crippen LogP contribution in [0.5, 0.6) is 0 Å². The Labute approximate surface area is 107 Å². The Balaban J connectivity index is 2.26. The summed E-state index contributed by atoms with van der Waals surface area (Å²) in [4.78, 5) is 0. The van der Waals surface area contributed by atoms with Crippen LogP contribution in [0.2, 0.25) is 5.02 Å². The molecule has 17 heavy (non-hydrogen) atoms. The number of hydrogen-bond acceptors (Lipinski definition) is 3. The summed E-state index contributed by atoms with van der Waals surface area (Å²) >= 11 is 5.82. The fourth-order valence-electron chi connectivity index (χ4n) is 2.43. The minimum atomic E-state index is -3.01. The molecular weight excluding hydrogens is 258 g/mol. The number of sulfone groups is 1. The lowest BCUT2D eigenvalue weighted by Crippen LogP contribution is -2.15. The minimum Gasteiger partial charge on any atom is -0.330 e. The molecule has 0 aliphatic heterocycles. The summed E-state index contributed by atoms with van der Waals surface area (Å²) in [7, 11) is -3.01. The van der Waals surface area contributed by atoms with Crippen LogP contribution < -0.4 is 5.73 Å². The first-order valence-electron chi connectivity index (χ1n) is 5.68. The SMILES string of the molecule is CCS(=O)(=O)[C@@H]1[C@@H](CN)[C@@H]1c1ccc(Cl)cc1. The van der Waals surface area contributed by atoms with Gasteiger partial charge >= 0.3 is 0 Å². The average Bonchev–Trinajstić information content (AvgIpc) is 3.05. The van der Waals surface area contributed by atoms with Gasteiger partial charge in [0.15, 0.2) is 9.84 Å². The van der Waals surface area contributed by atoms with Crippen molar-refractivity contribution in [2.45, 2.75) is 18.1 Å². The zero-order chi connectivity index (χ0) is 12.6. The van der Waals surface area contributed by atoms with Gasteiger partial charge in [-0.15, -0.1) is 0 Å². The van der Waals surface area contributed by atoms with Gasteiger partial charge in [0.2, 0.25) is 0 Å². The van der Waals surface area contributed by atoms with Gasteiger partial charge in [-0.3, -0.25) is 0 Å². The van der Waals surface area contributed by atoms with Crippen molar-refractivity contribution in [3.8, 4) is 0 Å². The highest BCUT2D eigenvalue weighted by atomic mass is 35.5. The molecule has 0 spiro atoms. The first-order chi connectivity index (χ1) is 8.01. The van der Waals surface area contributed by atoms with E-state index in [0.29, 0.717) is 11.6 Å². The molecule has 1 aliphatic rings. The van der Waals surface area contributed by atoms with Crippen molar-refractivity contribution in [3.63, 3.8) is 0 Å². The largest absolute Gasteiger partial charge is 0.330 e. The van der Waals surface area contributed by atoms with Crippen molar-refractivity contribution in [2.24, 2.45) is 11.7 Å². The lowest BCUT2D eigenvalue weighted by atomic mass is 10.1. The maximum absolute atomic E-state index is 11.9. The van der Waals surface area contributed by atoms with Crippen molar-refractivity contribution in [1.29, 1.82) is 0 Å². The molecule has 94 valence electrons. The number of halogens is 1. The third kappa shape index (κ3) is 2.34. The van der Waals surface area contributed by atoms with Gasteiger partial charge < -0.3 is 5.73 Å². The van der Waals surface area contributed by atoms with Crippen LogP contribution in [0.3, 0.4) is 0 Å². The second kappa shape index (κ2) is 4.59. The van der Waals surface area contributed by atoms with Gasteiger partial charge in [0.05, 0.1) is 5.25 Å². The van der Waals surface area contributed by atoms with E-state index in [1.54, 1.807) is 19.1 Å². The summed E-state index contributed by atoms with van der Waals surface area (Å²) in [5.41, 5.74) is 6.66. The Bertz CT molecular complexity index is 498.